The molecular weight excluding hydrogens is 719 g/mol. The van der Waals surface area contributed by atoms with E-state index in [9.17, 15) is 4.79 Å². The van der Waals surface area contributed by atoms with Gasteiger partial charge in [-0.2, -0.15) is 0 Å². The van der Waals surface area contributed by atoms with Crippen LogP contribution in [0, 0.1) is 6.57 Å². The van der Waals surface area contributed by atoms with Gasteiger partial charge in [-0.25, -0.2) is 16.0 Å². The minimum Gasteiger partial charge on any atom is -0.497 e. The lowest BCUT2D eigenvalue weighted by atomic mass is 9.80. The molecule has 288 valence electrons. The normalized spacial score (nSPS) is 16.0. The molecule has 3 atom stereocenters. The molecule has 4 aromatic carbocycles. The number of nitrogens with zero attached hydrogens (tertiary/aromatic N) is 2. The lowest BCUT2D eigenvalue weighted by Gasteiger charge is -2.40. The largest absolute Gasteiger partial charge is 0.497 e. The van der Waals surface area contributed by atoms with Gasteiger partial charge >= 0.3 is 5.63 Å². The quantitative estimate of drug-likeness (QED) is 0.0301. The number of ether oxygens (including phenoxy) is 5. The van der Waals surface area contributed by atoms with E-state index in [4.69, 9.17) is 43.7 Å². The molecule has 0 aliphatic carbocycles. The van der Waals surface area contributed by atoms with Gasteiger partial charge in [-0.05, 0) is 80.8 Å². The van der Waals surface area contributed by atoms with Crippen LogP contribution in [-0.4, -0.2) is 69.5 Å². The number of fused-ring (bicyclic) bond motifs is 2. The first-order valence-electron chi connectivity index (χ1n) is 18.2. The van der Waals surface area contributed by atoms with Crippen molar-refractivity contribution in [2.45, 2.75) is 57.6 Å². The smallest absolute Gasteiger partial charge is 0.336 e. The summed E-state index contributed by atoms with van der Waals surface area (Å²) in [5, 5.41) is 0.688. The number of hydrogen-bond donors (Lipinski definition) is 0. The second-order valence-electron chi connectivity index (χ2n) is 13.5. The lowest BCUT2D eigenvalue weighted by Crippen LogP contribution is -2.48. The molecule has 0 fully saturated rings. The Labute approximate surface area is 323 Å². The Bertz CT molecular complexity index is 2040. The molecule has 1 aromatic heterocycles. The van der Waals surface area contributed by atoms with Gasteiger partial charge in [-0.3, -0.25) is 0 Å². The van der Waals surface area contributed by atoms with Gasteiger partial charge in [0.05, 0.1) is 27.4 Å². The Morgan fingerprint density at radius 1 is 0.745 bits per heavy atom. The van der Waals surface area contributed by atoms with E-state index < -0.39 is 32.0 Å². The average molecular weight is 767 g/mol. The van der Waals surface area contributed by atoms with Gasteiger partial charge in [-0.15, -0.1) is 0 Å². The first-order chi connectivity index (χ1) is 26.7. The van der Waals surface area contributed by atoms with Crippen molar-refractivity contribution in [1.82, 2.24) is 4.67 Å². The minimum absolute atomic E-state index is 0.0664. The lowest BCUT2D eigenvalue weighted by molar-refractivity contribution is -0.0835. The molecule has 5 aromatic rings. The molecule has 6 rings (SSSR count). The third-order valence-corrected chi connectivity index (χ3v) is 11.4. The van der Waals surface area contributed by atoms with E-state index in [1.165, 1.54) is 6.07 Å². The predicted molar refractivity (Wildman–Crippen MR) is 212 cm³/mol. The number of methoxy groups -OCH3 is 2. The summed E-state index contributed by atoms with van der Waals surface area (Å²) >= 11 is 0. The average Bonchev–Trinajstić information content (AvgIpc) is 3.19. The first-order valence-corrected chi connectivity index (χ1v) is 19.4. The molecule has 0 bridgehead atoms. The molecule has 0 amide bonds. The van der Waals surface area contributed by atoms with Gasteiger partial charge in [0.15, 0.2) is 23.7 Å². The molecule has 0 saturated carbocycles. The van der Waals surface area contributed by atoms with E-state index in [1.54, 1.807) is 32.4 Å². The van der Waals surface area contributed by atoms with Crippen LogP contribution < -0.4 is 24.6 Å². The zero-order chi connectivity index (χ0) is 39.0. The maximum Gasteiger partial charge on any atom is 0.336 e. The molecular formula is C43H47N2O9P. The number of rotatable bonds is 17. The summed E-state index contributed by atoms with van der Waals surface area (Å²) in [4.78, 5) is 15.6. The Morgan fingerprint density at radius 2 is 1.31 bits per heavy atom. The summed E-state index contributed by atoms with van der Waals surface area (Å²) in [6.07, 6.45) is -1.36. The van der Waals surface area contributed by atoms with E-state index in [-0.39, 0.29) is 38.4 Å². The van der Waals surface area contributed by atoms with Gasteiger partial charge in [0.25, 0.3) is 8.53 Å². The molecule has 0 spiro atoms. The van der Waals surface area contributed by atoms with Gasteiger partial charge in [0, 0.05) is 29.6 Å². The van der Waals surface area contributed by atoms with Crippen LogP contribution in [0.4, 0.5) is 0 Å². The highest BCUT2D eigenvalue weighted by Crippen LogP contribution is 2.48. The fourth-order valence-corrected chi connectivity index (χ4v) is 8.36. The zero-order valence-electron chi connectivity index (χ0n) is 32.0. The van der Waals surface area contributed by atoms with Crippen LogP contribution in [0.15, 0.2) is 112 Å². The summed E-state index contributed by atoms with van der Waals surface area (Å²) in [6, 6.07) is 32.5. The summed E-state index contributed by atoms with van der Waals surface area (Å²) in [5.74, 6) is 2.32. The second-order valence-corrected chi connectivity index (χ2v) is 15.0. The maximum atomic E-state index is 12.1. The molecule has 0 radical (unpaired) electrons. The fraction of sp³-hybridized carbons (Fsp3) is 0.349. The highest BCUT2D eigenvalue weighted by Gasteiger charge is 2.42. The van der Waals surface area contributed by atoms with E-state index in [2.05, 4.69) is 37.2 Å². The van der Waals surface area contributed by atoms with E-state index in [0.717, 1.165) is 16.7 Å². The number of hydrogen-bond acceptors (Lipinski definition) is 10. The first kappa shape index (κ1) is 39.7. The van der Waals surface area contributed by atoms with Crippen molar-refractivity contribution >= 4 is 19.5 Å². The maximum absolute atomic E-state index is 12.1. The topological polar surface area (TPSA) is 102 Å². The summed E-state index contributed by atoms with van der Waals surface area (Å²) < 4.78 is 52.2. The predicted octanol–water partition coefficient (Wildman–Crippen LogP) is 8.63. The van der Waals surface area contributed by atoms with Crippen molar-refractivity contribution in [1.29, 1.82) is 0 Å². The van der Waals surface area contributed by atoms with Gasteiger partial charge in [-0.1, -0.05) is 54.6 Å². The summed E-state index contributed by atoms with van der Waals surface area (Å²) in [6.45, 7) is 16.2. The molecule has 1 aliphatic heterocycles. The third kappa shape index (κ3) is 8.97. The Morgan fingerprint density at radius 3 is 1.87 bits per heavy atom. The van der Waals surface area contributed by atoms with Crippen LogP contribution in [0.1, 0.15) is 44.4 Å². The van der Waals surface area contributed by atoms with E-state index in [1.807, 2.05) is 78.9 Å². The highest BCUT2D eigenvalue weighted by atomic mass is 31.2. The Balaban J connectivity index is 1.41. The van der Waals surface area contributed by atoms with Crippen LogP contribution in [0.25, 0.3) is 15.8 Å². The molecule has 1 aliphatic rings. The van der Waals surface area contributed by atoms with Crippen LogP contribution in [0.2, 0.25) is 0 Å². The van der Waals surface area contributed by atoms with E-state index >= 15 is 0 Å². The molecule has 0 saturated heterocycles. The SMILES string of the molecule is [C-]#[N+]CCOP(OCC1Oc2cc3oc(=O)ccc3cc2OC1COC(c1ccccc1)(c1ccc(OC)cc1)c1ccc(OC)cc1)N(C(C)C)C(C)C. The second kappa shape index (κ2) is 18.1. The summed E-state index contributed by atoms with van der Waals surface area (Å²) in [5.41, 5.74) is 1.45. The van der Waals surface area contributed by atoms with Crippen molar-refractivity contribution in [3.8, 4) is 23.0 Å². The van der Waals surface area contributed by atoms with Crippen LogP contribution in [0.3, 0.4) is 0 Å². The Hall–Kier alpha value is -4.95. The highest BCUT2D eigenvalue weighted by molar-refractivity contribution is 7.44. The molecule has 2 heterocycles. The van der Waals surface area contributed by atoms with Crippen LogP contribution in [0.5, 0.6) is 23.0 Å². The van der Waals surface area contributed by atoms with Gasteiger partial charge in [0.2, 0.25) is 6.54 Å². The fourth-order valence-electron chi connectivity index (χ4n) is 6.75. The van der Waals surface area contributed by atoms with Crippen molar-refractivity contribution in [3.63, 3.8) is 0 Å². The summed E-state index contributed by atoms with van der Waals surface area (Å²) in [7, 11) is 1.70. The van der Waals surface area contributed by atoms with Crippen molar-refractivity contribution in [3.05, 3.63) is 142 Å². The van der Waals surface area contributed by atoms with Crippen molar-refractivity contribution in [2.24, 2.45) is 0 Å². The van der Waals surface area contributed by atoms with Gasteiger partial charge in [0.1, 0.15) is 29.3 Å². The standard InChI is InChI=1S/C43H47N2O9P/c1-29(2)45(30(3)4)55(50-24-23-44-5)51-28-41-40(52-38-25-31-13-22-42(46)54-37(31)26-39(38)53-41)27-49-43(32-11-9-8-10-12-32,33-14-18-35(47-6)19-15-33)34-16-20-36(48-7)21-17-34/h8-22,25-26,29-30,40-41H,23-24,27-28H2,1-4,6-7H3. The molecule has 55 heavy (non-hydrogen) atoms. The Kier molecular flexibility index (Phi) is 13.1. The van der Waals surface area contributed by atoms with Crippen molar-refractivity contribution in [2.75, 3.05) is 40.6 Å². The van der Waals surface area contributed by atoms with Gasteiger partial charge < -0.3 is 42.0 Å². The molecule has 0 N–H and O–H groups in total. The third-order valence-electron chi connectivity index (χ3n) is 9.30. The molecule has 12 heteroatoms. The monoisotopic (exact) mass is 766 g/mol. The number of benzene rings is 4. The van der Waals surface area contributed by atoms with E-state index in [0.29, 0.717) is 34.0 Å². The molecule has 11 nitrogen and oxygen atoms in total. The minimum atomic E-state index is -1.58. The zero-order valence-corrected chi connectivity index (χ0v) is 32.9. The molecule has 3 unspecified atom stereocenters. The van der Waals surface area contributed by atoms with Crippen molar-refractivity contribution < 1.29 is 37.1 Å². The van der Waals surface area contributed by atoms with Crippen LogP contribution in [-0.2, 0) is 19.4 Å². The van der Waals surface area contributed by atoms with Crippen LogP contribution >= 0.6 is 8.53 Å².